The van der Waals surface area contributed by atoms with Crippen molar-refractivity contribution >= 4 is 0 Å². The zero-order valence-corrected chi connectivity index (χ0v) is 6.70. The van der Waals surface area contributed by atoms with Crippen molar-refractivity contribution in [3.63, 3.8) is 0 Å². The molecular formula is C8H11NO2. The Morgan fingerprint density at radius 1 is 1.64 bits per heavy atom. The van der Waals surface area contributed by atoms with Crippen molar-refractivity contribution in [2.24, 2.45) is 0 Å². The van der Waals surface area contributed by atoms with Gasteiger partial charge in [0.15, 0.2) is 0 Å². The molecule has 0 atom stereocenters. The maximum atomic E-state index is 10.3. The Morgan fingerprint density at radius 3 is 2.45 bits per heavy atom. The molecule has 3 heteroatoms. The third kappa shape index (κ3) is 2.80. The largest absolute Gasteiger partial charge is 0.271 e. The van der Waals surface area contributed by atoms with Gasteiger partial charge < -0.3 is 0 Å². The first-order valence-corrected chi connectivity index (χ1v) is 3.24. The van der Waals surface area contributed by atoms with Crippen LogP contribution in [-0.4, -0.2) is 4.92 Å². The third-order valence-electron chi connectivity index (χ3n) is 1.21. The molecule has 0 saturated carbocycles. The van der Waals surface area contributed by atoms with Gasteiger partial charge in [-0.25, -0.2) is 0 Å². The van der Waals surface area contributed by atoms with E-state index in [-0.39, 0.29) is 5.70 Å². The first kappa shape index (κ1) is 9.62. The van der Waals surface area contributed by atoms with Crippen molar-refractivity contribution in [2.75, 3.05) is 0 Å². The highest BCUT2D eigenvalue weighted by Crippen LogP contribution is 2.06. The fraction of sp³-hybridized carbons (Fsp3) is 0.250. The topological polar surface area (TPSA) is 43.1 Å². The van der Waals surface area contributed by atoms with E-state index in [2.05, 4.69) is 6.58 Å². The lowest BCUT2D eigenvalue weighted by molar-refractivity contribution is -0.419. The number of nitro groups is 1. The van der Waals surface area contributed by atoms with Crippen molar-refractivity contribution < 1.29 is 4.92 Å². The molecule has 0 aromatic heterocycles. The summed E-state index contributed by atoms with van der Waals surface area (Å²) in [6.45, 7) is 6.84. The van der Waals surface area contributed by atoms with Gasteiger partial charge >= 0.3 is 0 Å². The fourth-order valence-corrected chi connectivity index (χ4v) is 0.715. The number of hydrogen-bond donors (Lipinski definition) is 0. The quantitative estimate of drug-likeness (QED) is 0.354. The van der Waals surface area contributed by atoms with E-state index >= 15 is 0 Å². The molecule has 0 amide bonds. The highest BCUT2D eigenvalue weighted by molar-refractivity contribution is 5.25. The van der Waals surface area contributed by atoms with E-state index in [0.29, 0.717) is 5.57 Å². The van der Waals surface area contributed by atoms with E-state index in [9.17, 15) is 10.1 Å². The summed E-state index contributed by atoms with van der Waals surface area (Å²) in [5.41, 5.74) is 0.676. The van der Waals surface area contributed by atoms with Crippen LogP contribution in [0.4, 0.5) is 0 Å². The number of hydrogen-bond acceptors (Lipinski definition) is 2. The normalized spacial score (nSPS) is 12.9. The monoisotopic (exact) mass is 153 g/mol. The van der Waals surface area contributed by atoms with Crippen molar-refractivity contribution in [2.45, 2.75) is 13.8 Å². The van der Waals surface area contributed by atoms with Crippen LogP contribution in [0.2, 0.25) is 0 Å². The summed E-state index contributed by atoms with van der Waals surface area (Å²) in [5.74, 6) is 0. The van der Waals surface area contributed by atoms with E-state index in [1.54, 1.807) is 19.1 Å². The summed E-state index contributed by atoms with van der Waals surface area (Å²) in [5, 5.41) is 10.3. The van der Waals surface area contributed by atoms with Crippen LogP contribution in [-0.2, 0) is 0 Å². The summed E-state index contributed by atoms with van der Waals surface area (Å²) in [6, 6.07) is 0. The maximum absolute atomic E-state index is 10.3. The number of rotatable bonds is 3. The van der Waals surface area contributed by atoms with E-state index in [1.807, 2.05) is 6.92 Å². The minimum Gasteiger partial charge on any atom is -0.258 e. The Kier molecular flexibility index (Phi) is 3.88. The van der Waals surface area contributed by atoms with Crippen molar-refractivity contribution in [3.05, 3.63) is 46.2 Å². The summed E-state index contributed by atoms with van der Waals surface area (Å²) >= 11 is 0. The second-order valence-corrected chi connectivity index (χ2v) is 2.03. The molecule has 0 rings (SSSR count). The van der Waals surface area contributed by atoms with Crippen LogP contribution in [0.25, 0.3) is 0 Å². The molecule has 3 nitrogen and oxygen atoms in total. The Morgan fingerprint density at radius 2 is 2.18 bits per heavy atom. The average Bonchev–Trinajstić information content (AvgIpc) is 1.88. The smallest absolute Gasteiger partial charge is 0.258 e. The Bertz CT molecular complexity index is 226. The minimum atomic E-state index is -0.442. The molecule has 0 fully saturated rings. The first-order chi connectivity index (χ1) is 5.13. The second kappa shape index (κ2) is 4.44. The van der Waals surface area contributed by atoms with Crippen LogP contribution in [0.5, 0.6) is 0 Å². The molecular weight excluding hydrogens is 142 g/mol. The van der Waals surface area contributed by atoms with E-state index in [0.717, 1.165) is 0 Å². The lowest BCUT2D eigenvalue weighted by Crippen LogP contribution is -1.97. The van der Waals surface area contributed by atoms with Gasteiger partial charge in [-0.2, -0.15) is 0 Å². The maximum Gasteiger partial charge on any atom is 0.271 e. The van der Waals surface area contributed by atoms with Gasteiger partial charge in [0.1, 0.15) is 0 Å². The molecule has 0 spiro atoms. The molecule has 0 N–H and O–H groups in total. The highest BCUT2D eigenvalue weighted by Gasteiger charge is 2.06. The van der Waals surface area contributed by atoms with Crippen LogP contribution in [0, 0.1) is 10.1 Å². The number of nitrogens with zero attached hydrogens (tertiary/aromatic N) is 1. The van der Waals surface area contributed by atoms with Crippen LogP contribution in [0.1, 0.15) is 13.8 Å². The predicted molar refractivity (Wildman–Crippen MR) is 44.7 cm³/mol. The highest BCUT2D eigenvalue weighted by atomic mass is 16.6. The zero-order chi connectivity index (χ0) is 8.85. The van der Waals surface area contributed by atoms with Gasteiger partial charge in [-0.05, 0) is 13.8 Å². The molecule has 0 unspecified atom stereocenters. The molecule has 0 aliphatic carbocycles. The molecule has 11 heavy (non-hydrogen) atoms. The molecule has 0 aromatic carbocycles. The summed E-state index contributed by atoms with van der Waals surface area (Å²) in [7, 11) is 0. The molecule has 0 aliphatic heterocycles. The lowest BCUT2D eigenvalue weighted by atomic mass is 10.2. The van der Waals surface area contributed by atoms with Gasteiger partial charge in [0.2, 0.25) is 0 Å². The lowest BCUT2D eigenvalue weighted by Gasteiger charge is -1.92. The molecule has 60 valence electrons. The zero-order valence-electron chi connectivity index (χ0n) is 6.70. The Hall–Kier alpha value is -1.38. The number of allylic oxidation sites excluding steroid dienone is 4. The van der Waals surface area contributed by atoms with E-state index < -0.39 is 4.92 Å². The summed E-state index contributed by atoms with van der Waals surface area (Å²) in [6.07, 6.45) is 4.68. The SMILES string of the molecule is C=C/C(=C(C)\C=C/C)[N+](=O)[O-]. The van der Waals surface area contributed by atoms with Gasteiger partial charge in [-0.1, -0.05) is 18.7 Å². The molecule has 0 heterocycles. The second-order valence-electron chi connectivity index (χ2n) is 2.03. The van der Waals surface area contributed by atoms with E-state index in [4.69, 9.17) is 0 Å². The summed E-state index contributed by atoms with van der Waals surface area (Å²) < 4.78 is 0. The van der Waals surface area contributed by atoms with Crippen LogP contribution in [0.3, 0.4) is 0 Å². The van der Waals surface area contributed by atoms with Crippen molar-refractivity contribution in [1.82, 2.24) is 0 Å². The minimum absolute atomic E-state index is 0.0584. The molecule has 0 aliphatic rings. The molecule has 0 aromatic rings. The predicted octanol–water partition coefficient (Wildman–Crippen LogP) is 2.30. The van der Waals surface area contributed by atoms with Gasteiger partial charge in [-0.3, -0.25) is 10.1 Å². The van der Waals surface area contributed by atoms with Gasteiger partial charge in [0.05, 0.1) is 4.92 Å². The van der Waals surface area contributed by atoms with Crippen LogP contribution < -0.4 is 0 Å². The van der Waals surface area contributed by atoms with Crippen molar-refractivity contribution in [1.29, 1.82) is 0 Å². The standard InChI is InChI=1S/C8H11NO2/c1-4-6-7(3)8(5-2)9(10)11/h4-6H,2H2,1,3H3/b6-4-,8-7+. The summed E-state index contributed by atoms with van der Waals surface area (Å²) in [4.78, 5) is 9.85. The average molecular weight is 153 g/mol. The van der Waals surface area contributed by atoms with Crippen LogP contribution >= 0.6 is 0 Å². The molecule has 0 bridgehead atoms. The van der Waals surface area contributed by atoms with E-state index in [1.165, 1.54) is 6.08 Å². The fourth-order valence-electron chi connectivity index (χ4n) is 0.715. The molecule has 0 radical (unpaired) electrons. The first-order valence-electron chi connectivity index (χ1n) is 3.24. The molecule has 0 saturated heterocycles. The Labute approximate surface area is 65.9 Å². The van der Waals surface area contributed by atoms with Gasteiger partial charge in [-0.15, -0.1) is 0 Å². The Balaban J connectivity index is 4.82. The van der Waals surface area contributed by atoms with Gasteiger partial charge in [0.25, 0.3) is 5.70 Å². The third-order valence-corrected chi connectivity index (χ3v) is 1.21. The van der Waals surface area contributed by atoms with Crippen molar-refractivity contribution in [3.8, 4) is 0 Å². The van der Waals surface area contributed by atoms with Gasteiger partial charge in [0, 0.05) is 11.6 Å². The van der Waals surface area contributed by atoms with Crippen LogP contribution in [0.15, 0.2) is 36.1 Å².